The lowest BCUT2D eigenvalue weighted by atomic mass is 10.2. The fraction of sp³-hybridized carbons (Fsp3) is 0. The van der Waals surface area contributed by atoms with Gasteiger partial charge in [-0.05, 0) is 12.1 Å². The minimum absolute atomic E-state index is 0.176. The highest BCUT2D eigenvalue weighted by atomic mass is 35.5. The van der Waals surface area contributed by atoms with Gasteiger partial charge in [-0.15, -0.1) is 0 Å². The number of nitrogens with zero attached hydrogens (tertiary/aromatic N) is 4. The Kier molecular flexibility index (Phi) is 2.53. The number of halogens is 1. The van der Waals surface area contributed by atoms with Gasteiger partial charge >= 0.3 is 0 Å². The number of hydrogen-bond acceptors (Lipinski definition) is 5. The van der Waals surface area contributed by atoms with Gasteiger partial charge in [-0.2, -0.15) is 4.98 Å². The van der Waals surface area contributed by atoms with Crippen LogP contribution in [0.3, 0.4) is 0 Å². The molecule has 3 rings (SSSR count). The van der Waals surface area contributed by atoms with Gasteiger partial charge in [-0.1, -0.05) is 23.7 Å². The Bertz CT molecular complexity index is 732. The van der Waals surface area contributed by atoms with Crippen molar-refractivity contribution in [2.24, 2.45) is 0 Å². The van der Waals surface area contributed by atoms with Crippen LogP contribution in [0.2, 0.25) is 5.02 Å². The molecule has 3 aromatic rings. The number of rotatable bonds is 1. The lowest BCUT2D eigenvalue weighted by Gasteiger charge is -2.02. The Hall–Kier alpha value is -2.27. The normalized spacial score (nSPS) is 10.7. The summed E-state index contributed by atoms with van der Waals surface area (Å²) in [5.41, 5.74) is 2.11. The second kappa shape index (κ2) is 4.19. The third-order valence-electron chi connectivity index (χ3n) is 2.45. The largest absolute Gasteiger partial charge is 0.492 e. The smallest absolute Gasteiger partial charge is 0.242 e. The van der Waals surface area contributed by atoms with E-state index < -0.39 is 0 Å². The van der Waals surface area contributed by atoms with Crippen molar-refractivity contribution in [3.05, 3.63) is 41.8 Å². The van der Waals surface area contributed by atoms with Crippen molar-refractivity contribution in [3.8, 4) is 17.1 Å². The van der Waals surface area contributed by atoms with Crippen LogP contribution in [0.25, 0.3) is 22.4 Å². The molecule has 0 atom stereocenters. The highest BCUT2D eigenvalue weighted by Gasteiger charge is 2.07. The van der Waals surface area contributed by atoms with Gasteiger partial charge in [0.1, 0.15) is 6.33 Å². The third-order valence-corrected chi connectivity index (χ3v) is 2.68. The van der Waals surface area contributed by atoms with Crippen LogP contribution < -0.4 is 0 Å². The van der Waals surface area contributed by atoms with Gasteiger partial charge in [0.05, 0.1) is 11.9 Å². The van der Waals surface area contributed by atoms with Gasteiger partial charge in [-0.3, -0.25) is 0 Å². The summed E-state index contributed by atoms with van der Waals surface area (Å²) in [6.45, 7) is 0. The molecule has 0 aliphatic rings. The van der Waals surface area contributed by atoms with Crippen LogP contribution in [-0.4, -0.2) is 25.0 Å². The van der Waals surface area contributed by atoms with E-state index in [9.17, 15) is 5.11 Å². The van der Waals surface area contributed by atoms with E-state index in [1.165, 1.54) is 6.33 Å². The number of aromatic hydroxyl groups is 1. The Morgan fingerprint density at radius 2 is 2.00 bits per heavy atom. The van der Waals surface area contributed by atoms with E-state index in [4.69, 9.17) is 11.6 Å². The third kappa shape index (κ3) is 1.84. The summed E-state index contributed by atoms with van der Waals surface area (Å²) in [7, 11) is 0. The van der Waals surface area contributed by atoms with Gasteiger partial charge in [-0.25, -0.2) is 15.0 Å². The van der Waals surface area contributed by atoms with Crippen molar-refractivity contribution in [1.82, 2.24) is 19.9 Å². The second-order valence-electron chi connectivity index (χ2n) is 3.64. The van der Waals surface area contributed by atoms with E-state index in [1.807, 2.05) is 12.1 Å². The Morgan fingerprint density at radius 3 is 2.83 bits per heavy atom. The monoisotopic (exact) mass is 258 g/mol. The first-order valence-corrected chi connectivity index (χ1v) is 5.54. The molecule has 0 aliphatic heterocycles. The molecule has 0 aliphatic carbocycles. The number of fused-ring (bicyclic) bond motifs is 1. The first-order valence-electron chi connectivity index (χ1n) is 5.17. The molecule has 0 unspecified atom stereocenters. The zero-order valence-corrected chi connectivity index (χ0v) is 9.83. The highest BCUT2D eigenvalue weighted by Crippen LogP contribution is 2.23. The fourth-order valence-electron chi connectivity index (χ4n) is 1.61. The first-order chi connectivity index (χ1) is 8.74. The van der Waals surface area contributed by atoms with Crippen LogP contribution in [0.1, 0.15) is 0 Å². The fourth-order valence-corrected chi connectivity index (χ4v) is 1.80. The molecule has 1 N–H and O–H groups in total. The predicted molar refractivity (Wildman–Crippen MR) is 67.2 cm³/mol. The van der Waals surface area contributed by atoms with E-state index in [0.717, 1.165) is 5.56 Å². The quantitative estimate of drug-likeness (QED) is 0.726. The molecule has 0 fully saturated rings. The molecule has 6 heteroatoms. The van der Waals surface area contributed by atoms with Gasteiger partial charge in [0.15, 0.2) is 11.2 Å². The topological polar surface area (TPSA) is 71.8 Å². The van der Waals surface area contributed by atoms with Crippen LogP contribution >= 0.6 is 11.6 Å². The second-order valence-corrected chi connectivity index (χ2v) is 4.07. The number of benzene rings is 1. The van der Waals surface area contributed by atoms with Crippen LogP contribution in [-0.2, 0) is 0 Å². The Labute approximate surface area is 107 Å². The van der Waals surface area contributed by atoms with Gasteiger partial charge in [0.2, 0.25) is 5.88 Å². The average Bonchev–Trinajstić information content (AvgIpc) is 2.39. The maximum atomic E-state index is 9.50. The lowest BCUT2D eigenvalue weighted by Crippen LogP contribution is -1.92. The van der Waals surface area contributed by atoms with E-state index >= 15 is 0 Å². The predicted octanol–water partition coefficient (Wildman–Crippen LogP) is 2.45. The number of hydrogen-bond donors (Lipinski definition) is 1. The van der Waals surface area contributed by atoms with E-state index in [2.05, 4.69) is 19.9 Å². The van der Waals surface area contributed by atoms with Gasteiger partial charge in [0.25, 0.3) is 0 Å². The van der Waals surface area contributed by atoms with Crippen molar-refractivity contribution < 1.29 is 5.11 Å². The van der Waals surface area contributed by atoms with Crippen LogP contribution in [0.15, 0.2) is 36.8 Å². The summed E-state index contributed by atoms with van der Waals surface area (Å²) in [5, 5.41) is 10.1. The molecule has 0 amide bonds. The molecule has 1 aromatic carbocycles. The summed E-state index contributed by atoms with van der Waals surface area (Å²) in [6.07, 6.45) is 2.80. The molecule has 18 heavy (non-hydrogen) atoms. The van der Waals surface area contributed by atoms with Gasteiger partial charge < -0.3 is 5.11 Å². The van der Waals surface area contributed by atoms with Crippen molar-refractivity contribution in [1.29, 1.82) is 0 Å². The standard InChI is InChI=1S/C12H7ClN4O/c13-8-3-1-2-7(4-8)9-5-14-10-11(17-9)15-6-16-12(10)18/h1-6H,(H,15,16,17,18). The van der Waals surface area contributed by atoms with Crippen molar-refractivity contribution in [2.75, 3.05) is 0 Å². The summed E-state index contributed by atoms with van der Waals surface area (Å²) < 4.78 is 0. The minimum Gasteiger partial charge on any atom is -0.492 e. The molecule has 0 spiro atoms. The summed E-state index contributed by atoms with van der Waals surface area (Å²) in [5.74, 6) is -0.176. The molecule has 0 saturated heterocycles. The maximum absolute atomic E-state index is 9.50. The molecular formula is C12H7ClN4O. The first kappa shape index (κ1) is 10.9. The minimum atomic E-state index is -0.176. The van der Waals surface area contributed by atoms with Crippen molar-refractivity contribution >= 4 is 22.8 Å². The van der Waals surface area contributed by atoms with Crippen LogP contribution in [0, 0.1) is 0 Å². The maximum Gasteiger partial charge on any atom is 0.242 e. The van der Waals surface area contributed by atoms with E-state index in [-0.39, 0.29) is 11.4 Å². The van der Waals surface area contributed by atoms with E-state index in [0.29, 0.717) is 16.4 Å². The summed E-state index contributed by atoms with van der Waals surface area (Å²) in [4.78, 5) is 16.0. The van der Waals surface area contributed by atoms with Crippen LogP contribution in [0.5, 0.6) is 5.88 Å². The molecule has 2 aromatic heterocycles. The SMILES string of the molecule is Oc1ncnc2nc(-c3cccc(Cl)c3)cnc12. The molecule has 88 valence electrons. The van der Waals surface area contributed by atoms with Crippen molar-refractivity contribution in [2.45, 2.75) is 0 Å². The lowest BCUT2D eigenvalue weighted by molar-refractivity contribution is 0.457. The van der Waals surface area contributed by atoms with Crippen molar-refractivity contribution in [3.63, 3.8) is 0 Å². The highest BCUT2D eigenvalue weighted by molar-refractivity contribution is 6.30. The summed E-state index contributed by atoms with van der Waals surface area (Å²) in [6, 6.07) is 7.29. The van der Waals surface area contributed by atoms with Crippen LogP contribution in [0.4, 0.5) is 0 Å². The molecule has 0 saturated carbocycles. The zero-order valence-electron chi connectivity index (χ0n) is 9.08. The number of aromatic nitrogens is 4. The average molecular weight is 259 g/mol. The summed E-state index contributed by atoms with van der Waals surface area (Å²) >= 11 is 5.92. The molecule has 2 heterocycles. The molecule has 0 bridgehead atoms. The molecule has 5 nitrogen and oxygen atoms in total. The molecular weight excluding hydrogens is 252 g/mol. The Morgan fingerprint density at radius 1 is 1.11 bits per heavy atom. The Balaban J connectivity index is 2.20. The zero-order chi connectivity index (χ0) is 12.5. The van der Waals surface area contributed by atoms with Gasteiger partial charge in [0, 0.05) is 10.6 Å². The molecule has 0 radical (unpaired) electrons. The van der Waals surface area contributed by atoms with E-state index in [1.54, 1.807) is 18.3 Å².